The van der Waals surface area contributed by atoms with Crippen LogP contribution in [0.2, 0.25) is 0 Å². The SMILES string of the molecule is C.C.C.CC[C@]1(O)CC[C@H]2C(=CC[C@@H]3[C@@H]2CC[C@]2(C)[C@@H]([C@H](C)[C@@H](O)CCC(C)C)CC[C@@H]32)C1.CC[C@]1(O)CC[C@H]2[C@@H](CC[C@@H]3[C@@H]2CC[C@]2(C)[C@@H]([C@H](C)[C@@H](O)CCC(C)C)CC[C@@H]32)C1.CC[C@]1(O)CC[C@H]2[C@H](CC[C@@H]3[C@@H]2CC[C@]2(C)[C@@H]([C@H](C)[C@@H](O)CCC(C)C)CC[C@@H]32)C1. The van der Waals surface area contributed by atoms with Gasteiger partial charge in [-0.15, -0.1) is 0 Å². The number of fused-ring (bicyclic) bond motifs is 15. The van der Waals surface area contributed by atoms with Gasteiger partial charge in [-0.2, -0.15) is 0 Å². The van der Waals surface area contributed by atoms with Crippen molar-refractivity contribution >= 4 is 0 Å². The molecule has 12 rings (SSSR count). The standard InChI is InChI=1S/2C28H50O2.C28H48O2.3CH4/c3*1-6-28(30)16-14-21-20(17-28)8-9-23-22(21)13-15-27(5)24(10-11-25(23)27)19(4)26(29)12-7-18(2)3;;;/h2*18-26,29-30H,6-17H2,1-5H3;8,18-19,21-26,29-30H,6-7,9-17H2,1-5H3;3*1H4/t19-,20+,21-,22+,23+,24+,25-,26-,27+,28-;19-,20-,21-,22+,23+,24+,25-,26-,27+,28-;19-,21-,22+,23+,24+,25-,26-,27+,28-;;;/m000.../s1. The van der Waals surface area contributed by atoms with Crippen molar-refractivity contribution in [2.75, 3.05) is 0 Å². The summed E-state index contributed by atoms with van der Waals surface area (Å²) in [6.45, 7) is 35.0. The van der Waals surface area contributed by atoms with Crippen molar-refractivity contribution in [1.82, 2.24) is 0 Å². The molecule has 0 bridgehead atoms. The minimum Gasteiger partial charge on any atom is -0.393 e. The summed E-state index contributed by atoms with van der Waals surface area (Å²) in [5.74, 6) is 17.5. The largest absolute Gasteiger partial charge is 0.393 e. The molecule has 29 atom stereocenters. The summed E-state index contributed by atoms with van der Waals surface area (Å²) in [5, 5.41) is 65.6. The Morgan fingerprint density at radius 3 is 1.05 bits per heavy atom. The summed E-state index contributed by atoms with van der Waals surface area (Å²) in [4.78, 5) is 0. The minimum absolute atomic E-state index is 0. The molecule has 93 heavy (non-hydrogen) atoms. The van der Waals surface area contributed by atoms with Gasteiger partial charge in [-0.05, 0) is 377 Å². The third-order valence-corrected chi connectivity index (χ3v) is 32.8. The quantitative estimate of drug-likeness (QED) is 0.0761. The number of aliphatic hydroxyl groups is 6. The van der Waals surface area contributed by atoms with Gasteiger partial charge in [0.25, 0.3) is 0 Å². The fourth-order valence-electron chi connectivity index (χ4n) is 27.1. The molecule has 0 aromatic rings. The molecular formula is C87H160O6. The summed E-state index contributed by atoms with van der Waals surface area (Å²) in [6.07, 6.45) is 44.5. The molecule has 0 aliphatic heterocycles. The van der Waals surface area contributed by atoms with Crippen molar-refractivity contribution in [3.8, 4) is 0 Å². The van der Waals surface area contributed by atoms with Gasteiger partial charge in [0.1, 0.15) is 0 Å². The van der Waals surface area contributed by atoms with Crippen LogP contribution < -0.4 is 0 Å². The molecule has 0 unspecified atom stereocenters. The summed E-state index contributed by atoms with van der Waals surface area (Å²) >= 11 is 0. The molecule has 12 aliphatic rings. The number of aliphatic hydroxyl groups excluding tert-OH is 3. The first-order valence-corrected chi connectivity index (χ1v) is 40.4. The van der Waals surface area contributed by atoms with E-state index in [9.17, 15) is 30.6 Å². The first kappa shape index (κ1) is 79.8. The maximum absolute atomic E-state index is 11.0. The van der Waals surface area contributed by atoms with Gasteiger partial charge < -0.3 is 30.6 Å². The average Bonchev–Trinajstić information content (AvgIpc) is 1.69. The van der Waals surface area contributed by atoms with Crippen LogP contribution in [0.3, 0.4) is 0 Å². The van der Waals surface area contributed by atoms with E-state index in [1.165, 1.54) is 128 Å². The zero-order valence-corrected chi connectivity index (χ0v) is 61.5. The van der Waals surface area contributed by atoms with Crippen LogP contribution >= 0.6 is 0 Å². The summed E-state index contributed by atoms with van der Waals surface area (Å²) < 4.78 is 0. The zero-order valence-electron chi connectivity index (χ0n) is 61.5. The molecule has 0 aromatic carbocycles. The van der Waals surface area contributed by atoms with Crippen molar-refractivity contribution in [3.63, 3.8) is 0 Å². The normalized spacial score (nSPS) is 45.6. The van der Waals surface area contributed by atoms with Crippen LogP contribution in [0.25, 0.3) is 0 Å². The second kappa shape index (κ2) is 32.2. The molecule has 6 nitrogen and oxygen atoms in total. The van der Waals surface area contributed by atoms with E-state index in [0.717, 1.165) is 179 Å². The molecule has 11 fully saturated rings. The van der Waals surface area contributed by atoms with Crippen molar-refractivity contribution < 1.29 is 30.6 Å². The second-order valence-electron chi connectivity index (χ2n) is 38.2. The third kappa shape index (κ3) is 16.2. The molecule has 12 aliphatic carbocycles. The van der Waals surface area contributed by atoms with E-state index >= 15 is 0 Å². The molecule has 0 amide bonds. The fraction of sp³-hybridized carbons (Fsp3) is 0.977. The molecule has 6 N–H and O–H groups in total. The molecule has 6 heteroatoms. The predicted molar refractivity (Wildman–Crippen MR) is 395 cm³/mol. The van der Waals surface area contributed by atoms with Crippen molar-refractivity contribution in [2.24, 2.45) is 152 Å². The second-order valence-corrected chi connectivity index (χ2v) is 38.2. The zero-order chi connectivity index (χ0) is 65.0. The van der Waals surface area contributed by atoms with E-state index < -0.39 is 5.60 Å². The molecule has 544 valence electrons. The lowest BCUT2D eigenvalue weighted by molar-refractivity contribution is -0.112. The monoisotopic (exact) mass is 1300 g/mol. The lowest BCUT2D eigenvalue weighted by Crippen LogP contribution is -2.51. The van der Waals surface area contributed by atoms with Gasteiger partial charge in [0.2, 0.25) is 0 Å². The molecule has 0 heterocycles. The Morgan fingerprint density at radius 2 is 0.699 bits per heavy atom. The Kier molecular flexibility index (Phi) is 27.7. The highest BCUT2D eigenvalue weighted by molar-refractivity contribution is 5.22. The van der Waals surface area contributed by atoms with E-state index in [0.29, 0.717) is 69.5 Å². The number of rotatable bonds is 18. The molecular weight excluding hydrogens is 1140 g/mol. The maximum atomic E-state index is 11.0. The molecule has 0 aromatic heterocycles. The topological polar surface area (TPSA) is 121 Å². The van der Waals surface area contributed by atoms with Gasteiger partial charge in [-0.1, -0.05) is 138 Å². The fourth-order valence-corrected chi connectivity index (χ4v) is 27.1. The smallest absolute Gasteiger partial charge is 0.0682 e. The summed E-state index contributed by atoms with van der Waals surface area (Å²) in [7, 11) is 0. The Labute approximate surface area is 577 Å². The van der Waals surface area contributed by atoms with Crippen molar-refractivity contribution in [1.29, 1.82) is 0 Å². The Balaban J connectivity index is 0.000000194. The number of allylic oxidation sites excluding steroid dienone is 1. The van der Waals surface area contributed by atoms with Gasteiger partial charge in [0.15, 0.2) is 0 Å². The van der Waals surface area contributed by atoms with E-state index in [1.807, 2.05) is 0 Å². The van der Waals surface area contributed by atoms with Crippen LogP contribution in [0.4, 0.5) is 0 Å². The van der Waals surface area contributed by atoms with Crippen LogP contribution in [0.15, 0.2) is 11.6 Å². The van der Waals surface area contributed by atoms with Crippen molar-refractivity contribution in [2.45, 2.75) is 386 Å². The van der Waals surface area contributed by atoms with Crippen LogP contribution in [-0.4, -0.2) is 65.8 Å². The predicted octanol–water partition coefficient (Wildman–Crippen LogP) is 22.3. The Bertz CT molecular complexity index is 2210. The van der Waals surface area contributed by atoms with Crippen molar-refractivity contribution in [3.05, 3.63) is 11.6 Å². The molecule has 0 spiro atoms. The highest BCUT2D eigenvalue weighted by Gasteiger charge is 2.62. The first-order valence-electron chi connectivity index (χ1n) is 40.4. The number of hydrogen-bond acceptors (Lipinski definition) is 6. The average molecular weight is 1300 g/mol. The summed E-state index contributed by atoms with van der Waals surface area (Å²) in [5.41, 5.74) is 1.76. The van der Waals surface area contributed by atoms with E-state index in [2.05, 4.69) is 110 Å². The highest BCUT2D eigenvalue weighted by Crippen LogP contribution is 2.69. The van der Waals surface area contributed by atoms with Crippen LogP contribution in [0.1, 0.15) is 351 Å². The minimum atomic E-state index is -0.432. The first-order chi connectivity index (χ1) is 42.5. The maximum Gasteiger partial charge on any atom is 0.0682 e. The van der Waals surface area contributed by atoms with Gasteiger partial charge in [-0.3, -0.25) is 0 Å². The van der Waals surface area contributed by atoms with Gasteiger partial charge >= 0.3 is 0 Å². The third-order valence-electron chi connectivity index (χ3n) is 32.8. The van der Waals surface area contributed by atoms with E-state index in [4.69, 9.17) is 0 Å². The van der Waals surface area contributed by atoms with E-state index in [-0.39, 0.29) is 51.8 Å². The lowest BCUT2D eigenvalue weighted by Gasteiger charge is -2.57. The number of hydrogen-bond donors (Lipinski definition) is 6. The lowest BCUT2D eigenvalue weighted by atomic mass is 9.48. The van der Waals surface area contributed by atoms with E-state index in [1.54, 1.807) is 5.57 Å². The summed E-state index contributed by atoms with van der Waals surface area (Å²) in [6, 6.07) is 0. The van der Waals surface area contributed by atoms with Gasteiger partial charge in [-0.25, -0.2) is 0 Å². The Hall–Kier alpha value is -0.500. The molecule has 0 radical (unpaired) electrons. The van der Waals surface area contributed by atoms with Crippen LogP contribution in [0.5, 0.6) is 0 Å². The molecule has 0 saturated heterocycles. The van der Waals surface area contributed by atoms with Gasteiger partial charge in [0, 0.05) is 0 Å². The van der Waals surface area contributed by atoms with Crippen LogP contribution in [-0.2, 0) is 0 Å². The Morgan fingerprint density at radius 1 is 0.366 bits per heavy atom. The van der Waals surface area contributed by atoms with Gasteiger partial charge in [0.05, 0.1) is 35.1 Å². The highest BCUT2D eigenvalue weighted by atomic mass is 16.3. The van der Waals surface area contributed by atoms with Crippen LogP contribution in [0, 0.1) is 152 Å². The molecule has 11 saturated carbocycles.